The van der Waals surface area contributed by atoms with Crippen LogP contribution in [0, 0.1) is 6.92 Å². The molecule has 23 heavy (non-hydrogen) atoms. The Morgan fingerprint density at radius 3 is 2.61 bits per heavy atom. The molecule has 2 heterocycles. The number of carbonyl (C=O) groups excluding carboxylic acids is 1. The topological polar surface area (TPSA) is 80.0 Å². The van der Waals surface area contributed by atoms with Gasteiger partial charge in [0.05, 0.1) is 18.4 Å². The minimum atomic E-state index is -0.239. The predicted molar refractivity (Wildman–Crippen MR) is 87.2 cm³/mol. The molecule has 0 spiro atoms. The first-order valence-electron chi connectivity index (χ1n) is 7.17. The molecular weight excluding hydrogens is 292 g/mol. The SMILES string of the molecule is Cc1ccccc1NC(=O)c1cnc(NCc2ccco2)nc1. The van der Waals surface area contributed by atoms with Crippen LogP contribution in [-0.2, 0) is 6.54 Å². The highest BCUT2D eigenvalue weighted by atomic mass is 16.3. The molecule has 0 aliphatic carbocycles. The molecule has 0 radical (unpaired) electrons. The Morgan fingerprint density at radius 2 is 1.91 bits per heavy atom. The summed E-state index contributed by atoms with van der Waals surface area (Å²) in [4.78, 5) is 20.5. The Balaban J connectivity index is 1.62. The number of anilines is 2. The highest BCUT2D eigenvalue weighted by Crippen LogP contribution is 2.14. The van der Waals surface area contributed by atoms with Gasteiger partial charge in [-0.1, -0.05) is 18.2 Å². The zero-order valence-corrected chi connectivity index (χ0v) is 12.6. The van der Waals surface area contributed by atoms with E-state index >= 15 is 0 Å². The summed E-state index contributed by atoms with van der Waals surface area (Å²) in [5, 5.41) is 5.87. The Kier molecular flexibility index (Phi) is 4.33. The zero-order valence-electron chi connectivity index (χ0n) is 12.6. The average molecular weight is 308 g/mol. The first kappa shape index (κ1) is 14.8. The van der Waals surface area contributed by atoms with Gasteiger partial charge in [0.15, 0.2) is 0 Å². The van der Waals surface area contributed by atoms with E-state index in [1.165, 1.54) is 12.4 Å². The molecule has 6 heteroatoms. The van der Waals surface area contributed by atoms with Crippen LogP contribution < -0.4 is 10.6 Å². The smallest absolute Gasteiger partial charge is 0.258 e. The van der Waals surface area contributed by atoms with E-state index in [9.17, 15) is 4.79 Å². The number of aromatic nitrogens is 2. The van der Waals surface area contributed by atoms with Crippen molar-refractivity contribution in [2.75, 3.05) is 10.6 Å². The summed E-state index contributed by atoms with van der Waals surface area (Å²) in [7, 11) is 0. The lowest BCUT2D eigenvalue weighted by molar-refractivity contribution is 0.102. The Hall–Kier alpha value is -3.15. The largest absolute Gasteiger partial charge is 0.467 e. The van der Waals surface area contributed by atoms with E-state index in [0.717, 1.165) is 17.0 Å². The number of hydrogen-bond donors (Lipinski definition) is 2. The second-order valence-corrected chi connectivity index (χ2v) is 5.00. The van der Waals surface area contributed by atoms with Crippen LogP contribution in [0.2, 0.25) is 0 Å². The van der Waals surface area contributed by atoms with Gasteiger partial charge in [0.1, 0.15) is 5.76 Å². The number of para-hydroxylation sites is 1. The van der Waals surface area contributed by atoms with E-state index < -0.39 is 0 Å². The van der Waals surface area contributed by atoms with Crippen LogP contribution in [0.1, 0.15) is 21.7 Å². The molecule has 0 aliphatic rings. The molecule has 3 aromatic rings. The minimum absolute atomic E-state index is 0.239. The molecule has 1 amide bonds. The Labute approximate surface area is 133 Å². The third-order valence-corrected chi connectivity index (χ3v) is 3.31. The van der Waals surface area contributed by atoms with Crippen molar-refractivity contribution in [2.45, 2.75) is 13.5 Å². The maximum Gasteiger partial charge on any atom is 0.258 e. The average Bonchev–Trinajstić information content (AvgIpc) is 3.09. The van der Waals surface area contributed by atoms with E-state index in [2.05, 4.69) is 20.6 Å². The molecule has 0 unspecified atom stereocenters. The molecule has 3 rings (SSSR count). The highest BCUT2D eigenvalue weighted by molar-refractivity contribution is 6.04. The summed E-state index contributed by atoms with van der Waals surface area (Å²) in [6.07, 6.45) is 4.59. The van der Waals surface area contributed by atoms with Crippen LogP contribution in [0.4, 0.5) is 11.6 Å². The summed E-state index contributed by atoms with van der Waals surface area (Å²) >= 11 is 0. The molecule has 0 atom stereocenters. The molecule has 1 aromatic carbocycles. The second-order valence-electron chi connectivity index (χ2n) is 5.00. The van der Waals surface area contributed by atoms with Crippen molar-refractivity contribution >= 4 is 17.5 Å². The van der Waals surface area contributed by atoms with Gasteiger partial charge in [-0.15, -0.1) is 0 Å². The number of rotatable bonds is 5. The fourth-order valence-corrected chi connectivity index (χ4v) is 2.02. The summed E-state index contributed by atoms with van der Waals surface area (Å²) in [6.45, 7) is 2.43. The van der Waals surface area contributed by atoms with Gasteiger partial charge in [-0.3, -0.25) is 4.79 Å². The van der Waals surface area contributed by atoms with Crippen molar-refractivity contribution in [3.8, 4) is 0 Å². The molecule has 2 aromatic heterocycles. The number of benzene rings is 1. The molecule has 2 N–H and O–H groups in total. The van der Waals surface area contributed by atoms with Crippen molar-refractivity contribution in [1.82, 2.24) is 9.97 Å². The van der Waals surface area contributed by atoms with Crippen molar-refractivity contribution in [1.29, 1.82) is 0 Å². The summed E-state index contributed by atoms with van der Waals surface area (Å²) in [5.41, 5.74) is 2.17. The van der Waals surface area contributed by atoms with E-state index in [-0.39, 0.29) is 5.91 Å². The minimum Gasteiger partial charge on any atom is -0.467 e. The van der Waals surface area contributed by atoms with Crippen LogP contribution >= 0.6 is 0 Å². The second kappa shape index (κ2) is 6.74. The maximum absolute atomic E-state index is 12.2. The van der Waals surface area contributed by atoms with Crippen LogP contribution in [0.3, 0.4) is 0 Å². The van der Waals surface area contributed by atoms with Gasteiger partial charge in [-0.2, -0.15) is 0 Å². The fourth-order valence-electron chi connectivity index (χ4n) is 2.02. The number of furan rings is 1. The van der Waals surface area contributed by atoms with Gasteiger partial charge < -0.3 is 15.1 Å². The Morgan fingerprint density at radius 1 is 1.13 bits per heavy atom. The predicted octanol–water partition coefficient (Wildman–Crippen LogP) is 3.24. The molecule has 116 valence electrons. The molecule has 0 bridgehead atoms. The number of nitrogens with one attached hydrogen (secondary N) is 2. The van der Waals surface area contributed by atoms with Crippen molar-refractivity contribution in [3.05, 3.63) is 71.9 Å². The number of nitrogens with zero attached hydrogens (tertiary/aromatic N) is 2. The van der Waals surface area contributed by atoms with E-state index in [1.54, 1.807) is 6.26 Å². The number of hydrogen-bond acceptors (Lipinski definition) is 5. The third kappa shape index (κ3) is 3.74. The Bertz CT molecular complexity index is 783. The van der Waals surface area contributed by atoms with Gasteiger partial charge in [-0.05, 0) is 30.7 Å². The van der Waals surface area contributed by atoms with E-state index in [0.29, 0.717) is 18.1 Å². The summed E-state index contributed by atoms with van der Waals surface area (Å²) < 4.78 is 5.21. The van der Waals surface area contributed by atoms with Gasteiger partial charge in [0.2, 0.25) is 5.95 Å². The normalized spacial score (nSPS) is 10.3. The number of carbonyl (C=O) groups is 1. The van der Waals surface area contributed by atoms with E-state index in [1.807, 2.05) is 43.3 Å². The fraction of sp³-hybridized carbons (Fsp3) is 0.118. The van der Waals surface area contributed by atoms with E-state index in [4.69, 9.17) is 4.42 Å². The quantitative estimate of drug-likeness (QED) is 0.756. The first-order valence-corrected chi connectivity index (χ1v) is 7.17. The summed E-state index contributed by atoms with van der Waals surface area (Å²) in [6, 6.07) is 11.3. The number of aryl methyl sites for hydroxylation is 1. The van der Waals surface area contributed by atoms with Crippen LogP contribution in [0.15, 0.2) is 59.5 Å². The summed E-state index contributed by atoms with van der Waals surface area (Å²) in [5.74, 6) is 0.987. The van der Waals surface area contributed by atoms with Gasteiger partial charge in [0.25, 0.3) is 5.91 Å². The first-order chi connectivity index (χ1) is 11.2. The zero-order chi connectivity index (χ0) is 16.1. The molecule has 0 saturated carbocycles. The molecule has 0 fully saturated rings. The van der Waals surface area contributed by atoms with Gasteiger partial charge in [0, 0.05) is 18.1 Å². The van der Waals surface area contributed by atoms with Crippen LogP contribution in [-0.4, -0.2) is 15.9 Å². The number of amides is 1. The molecule has 0 saturated heterocycles. The van der Waals surface area contributed by atoms with Gasteiger partial charge >= 0.3 is 0 Å². The van der Waals surface area contributed by atoms with Gasteiger partial charge in [-0.25, -0.2) is 9.97 Å². The van der Waals surface area contributed by atoms with Crippen LogP contribution in [0.25, 0.3) is 0 Å². The lowest BCUT2D eigenvalue weighted by Gasteiger charge is -2.08. The van der Waals surface area contributed by atoms with Crippen molar-refractivity contribution in [3.63, 3.8) is 0 Å². The monoisotopic (exact) mass is 308 g/mol. The van der Waals surface area contributed by atoms with Crippen LogP contribution in [0.5, 0.6) is 0 Å². The maximum atomic E-state index is 12.2. The molecule has 6 nitrogen and oxygen atoms in total. The highest BCUT2D eigenvalue weighted by Gasteiger charge is 2.09. The van der Waals surface area contributed by atoms with Crippen molar-refractivity contribution < 1.29 is 9.21 Å². The standard InChI is InChI=1S/C17H16N4O2/c1-12-5-2-3-7-15(12)21-16(22)13-9-18-17(19-10-13)20-11-14-6-4-8-23-14/h2-10H,11H2,1H3,(H,21,22)(H,18,19,20). The third-order valence-electron chi connectivity index (χ3n) is 3.31. The molecule has 0 aliphatic heterocycles. The lowest BCUT2D eigenvalue weighted by atomic mass is 10.2. The lowest BCUT2D eigenvalue weighted by Crippen LogP contribution is -2.14. The molecular formula is C17H16N4O2. The van der Waals surface area contributed by atoms with Crippen molar-refractivity contribution in [2.24, 2.45) is 0 Å².